The first-order valence-corrected chi connectivity index (χ1v) is 11.6. The molecule has 0 bridgehead atoms. The Hall–Kier alpha value is -2.36. The molecular weight excluding hydrogens is 410 g/mol. The number of rotatable bonds is 3. The molecule has 1 N–H and O–H groups in total. The summed E-state index contributed by atoms with van der Waals surface area (Å²) in [6, 6.07) is 12.7. The van der Waals surface area contributed by atoms with Gasteiger partial charge in [-0.3, -0.25) is 9.40 Å². The summed E-state index contributed by atoms with van der Waals surface area (Å²) >= 11 is 5.86. The fraction of sp³-hybridized carbons (Fsp3) is 0.118. The lowest BCUT2D eigenvalue weighted by molar-refractivity contribution is 0.587. The molecule has 0 unspecified atom stereocenters. The number of benzene rings is 2. The van der Waals surface area contributed by atoms with Gasteiger partial charge in [0.05, 0.1) is 17.1 Å². The van der Waals surface area contributed by atoms with Crippen LogP contribution in [0.15, 0.2) is 58.5 Å². The van der Waals surface area contributed by atoms with E-state index in [0.717, 1.165) is 6.26 Å². The van der Waals surface area contributed by atoms with Gasteiger partial charge in [-0.15, -0.1) is 0 Å². The summed E-state index contributed by atoms with van der Waals surface area (Å²) in [5.74, 6) is 0. The third-order valence-corrected chi connectivity index (χ3v) is 7.44. The lowest BCUT2D eigenvalue weighted by Gasteiger charge is -2.30. The van der Waals surface area contributed by atoms with Crippen molar-refractivity contribution in [1.82, 2.24) is 10.2 Å². The zero-order valence-electron chi connectivity index (χ0n) is 14.0. The molecular formula is C17H14ClN3O4S2. The van der Waals surface area contributed by atoms with Crippen LogP contribution in [0.3, 0.4) is 0 Å². The maximum Gasteiger partial charge on any atom is 0.264 e. The molecule has 0 saturated heterocycles. The number of anilines is 1. The second-order valence-corrected chi connectivity index (χ2v) is 10.4. The predicted molar refractivity (Wildman–Crippen MR) is 102 cm³/mol. The Balaban J connectivity index is 1.94. The van der Waals surface area contributed by atoms with Crippen LogP contribution in [0.25, 0.3) is 11.3 Å². The molecule has 3 aromatic rings. The SMILES string of the molecule is CS(=O)(=O)c1[nH]nc2c1CN(S(=O)(=O)c1ccc(Cl)cc1)c1ccccc1-2. The molecule has 0 aliphatic carbocycles. The highest BCUT2D eigenvalue weighted by atomic mass is 35.5. The fourth-order valence-corrected chi connectivity index (χ4v) is 5.49. The van der Waals surface area contributed by atoms with E-state index < -0.39 is 19.9 Å². The second-order valence-electron chi connectivity index (χ2n) is 6.13. The summed E-state index contributed by atoms with van der Waals surface area (Å²) in [5.41, 5.74) is 1.75. The minimum absolute atomic E-state index is 0.0644. The number of aromatic nitrogens is 2. The van der Waals surface area contributed by atoms with E-state index >= 15 is 0 Å². The van der Waals surface area contributed by atoms with Crippen molar-refractivity contribution in [1.29, 1.82) is 0 Å². The molecule has 2 heterocycles. The predicted octanol–water partition coefficient (Wildman–Crippen LogP) is 2.84. The Morgan fingerprint density at radius 1 is 1.04 bits per heavy atom. The Morgan fingerprint density at radius 3 is 2.37 bits per heavy atom. The number of hydrogen-bond acceptors (Lipinski definition) is 5. The van der Waals surface area contributed by atoms with Gasteiger partial charge in [-0.05, 0) is 30.3 Å². The molecule has 0 saturated carbocycles. The molecule has 4 rings (SSSR count). The first-order chi connectivity index (χ1) is 12.7. The number of H-pyrrole nitrogens is 1. The average molecular weight is 424 g/mol. The van der Waals surface area contributed by atoms with Crippen LogP contribution < -0.4 is 4.31 Å². The van der Waals surface area contributed by atoms with Gasteiger partial charge < -0.3 is 0 Å². The largest absolute Gasteiger partial charge is 0.266 e. The molecule has 2 aromatic carbocycles. The molecule has 0 radical (unpaired) electrons. The maximum absolute atomic E-state index is 13.3. The van der Waals surface area contributed by atoms with Gasteiger partial charge >= 0.3 is 0 Å². The van der Waals surface area contributed by atoms with E-state index in [0.29, 0.717) is 27.5 Å². The van der Waals surface area contributed by atoms with Crippen molar-refractivity contribution in [2.24, 2.45) is 0 Å². The Bertz CT molecular complexity index is 1250. The third-order valence-electron chi connectivity index (χ3n) is 4.33. The van der Waals surface area contributed by atoms with Crippen LogP contribution in [-0.2, 0) is 26.4 Å². The molecule has 7 nitrogen and oxygen atoms in total. The third kappa shape index (κ3) is 2.91. The number of sulfonamides is 1. The molecule has 27 heavy (non-hydrogen) atoms. The van der Waals surface area contributed by atoms with Crippen LogP contribution in [0.2, 0.25) is 5.02 Å². The summed E-state index contributed by atoms with van der Waals surface area (Å²) in [5, 5.41) is 7.00. The van der Waals surface area contributed by atoms with E-state index in [2.05, 4.69) is 10.2 Å². The molecule has 1 aliphatic rings. The van der Waals surface area contributed by atoms with Gasteiger partial charge in [-0.1, -0.05) is 29.8 Å². The van der Waals surface area contributed by atoms with Gasteiger partial charge in [0.25, 0.3) is 10.0 Å². The van der Waals surface area contributed by atoms with Gasteiger partial charge in [0, 0.05) is 22.4 Å². The summed E-state index contributed by atoms with van der Waals surface area (Å²) < 4.78 is 51.9. The molecule has 140 valence electrons. The molecule has 1 aliphatic heterocycles. The minimum atomic E-state index is -3.94. The molecule has 0 spiro atoms. The van der Waals surface area contributed by atoms with Gasteiger partial charge in [0.1, 0.15) is 5.69 Å². The van der Waals surface area contributed by atoms with Gasteiger partial charge in [0.2, 0.25) is 0 Å². The van der Waals surface area contributed by atoms with Gasteiger partial charge in [-0.25, -0.2) is 16.8 Å². The van der Waals surface area contributed by atoms with E-state index in [1.54, 1.807) is 24.3 Å². The number of sulfone groups is 1. The number of aromatic amines is 1. The summed E-state index contributed by atoms with van der Waals surface area (Å²) in [6.45, 7) is -0.143. The highest BCUT2D eigenvalue weighted by Gasteiger charge is 2.36. The zero-order chi connectivity index (χ0) is 19.4. The smallest absolute Gasteiger partial charge is 0.264 e. The molecule has 1 aromatic heterocycles. The van der Waals surface area contributed by atoms with Crippen LogP contribution >= 0.6 is 11.6 Å². The normalized spacial score (nSPS) is 13.9. The Morgan fingerprint density at radius 2 is 1.70 bits per heavy atom. The molecule has 0 atom stereocenters. The maximum atomic E-state index is 13.3. The standard InChI is InChI=1S/C17H14ClN3O4S2/c1-26(22,23)17-14-10-21(27(24,25)12-8-6-11(18)7-9-12)15-5-3-2-4-13(15)16(14)19-20-17/h2-9H,10H2,1H3,(H,19,20). The molecule has 0 amide bonds. The van der Waals surface area contributed by atoms with Gasteiger partial charge in [0.15, 0.2) is 14.9 Å². The van der Waals surface area contributed by atoms with Crippen LogP contribution in [0.1, 0.15) is 5.56 Å². The van der Waals surface area contributed by atoms with Crippen molar-refractivity contribution in [3.63, 3.8) is 0 Å². The number of halogens is 1. The highest BCUT2D eigenvalue weighted by Crippen LogP contribution is 2.42. The summed E-state index contributed by atoms with van der Waals surface area (Å²) in [4.78, 5) is 0.0644. The van der Waals surface area contributed by atoms with Crippen molar-refractivity contribution in [3.8, 4) is 11.3 Å². The summed E-state index contributed by atoms with van der Waals surface area (Å²) in [6.07, 6.45) is 1.05. The highest BCUT2D eigenvalue weighted by molar-refractivity contribution is 7.93. The number of nitrogens with one attached hydrogen (secondary N) is 1. The monoisotopic (exact) mass is 423 g/mol. The van der Waals surface area contributed by atoms with E-state index in [4.69, 9.17) is 11.6 Å². The van der Waals surface area contributed by atoms with Crippen LogP contribution in [0.5, 0.6) is 0 Å². The number of hydrogen-bond donors (Lipinski definition) is 1. The lowest BCUT2D eigenvalue weighted by Crippen LogP contribution is -2.33. The van der Waals surface area contributed by atoms with E-state index in [9.17, 15) is 16.8 Å². The topological polar surface area (TPSA) is 100 Å². The molecule has 10 heteroatoms. The first kappa shape index (κ1) is 18.0. The number of fused-ring (bicyclic) bond motifs is 3. The van der Waals surface area contributed by atoms with Crippen LogP contribution in [0, 0.1) is 0 Å². The van der Waals surface area contributed by atoms with Crippen molar-refractivity contribution in [2.45, 2.75) is 16.5 Å². The Kier molecular flexibility index (Phi) is 4.06. The van der Waals surface area contributed by atoms with E-state index in [1.165, 1.54) is 28.6 Å². The minimum Gasteiger partial charge on any atom is -0.266 e. The van der Waals surface area contributed by atoms with Crippen molar-refractivity contribution in [3.05, 3.63) is 59.1 Å². The fourth-order valence-electron chi connectivity index (χ4n) is 3.09. The van der Waals surface area contributed by atoms with Crippen LogP contribution in [-0.4, -0.2) is 33.3 Å². The number of nitrogens with zero attached hydrogens (tertiary/aromatic N) is 2. The molecule has 0 fully saturated rings. The van der Waals surface area contributed by atoms with Crippen molar-refractivity contribution >= 4 is 37.1 Å². The van der Waals surface area contributed by atoms with Crippen molar-refractivity contribution in [2.75, 3.05) is 10.6 Å². The quantitative estimate of drug-likeness (QED) is 0.698. The Labute approximate surface area is 161 Å². The van der Waals surface area contributed by atoms with E-state index in [1.807, 2.05) is 0 Å². The van der Waals surface area contributed by atoms with Gasteiger partial charge in [-0.2, -0.15) is 5.10 Å². The lowest BCUT2D eigenvalue weighted by atomic mass is 10.0. The van der Waals surface area contributed by atoms with Crippen molar-refractivity contribution < 1.29 is 16.8 Å². The number of para-hydroxylation sites is 1. The van der Waals surface area contributed by atoms with E-state index in [-0.39, 0.29) is 16.5 Å². The zero-order valence-corrected chi connectivity index (χ0v) is 16.4. The average Bonchev–Trinajstić information content (AvgIpc) is 3.06. The summed E-state index contributed by atoms with van der Waals surface area (Å²) in [7, 11) is -7.54. The van der Waals surface area contributed by atoms with Crippen LogP contribution in [0.4, 0.5) is 5.69 Å². The second kappa shape index (κ2) is 6.08. The first-order valence-electron chi connectivity index (χ1n) is 7.84.